The van der Waals surface area contributed by atoms with Gasteiger partial charge in [0.15, 0.2) is 0 Å². The molecule has 25 heavy (non-hydrogen) atoms. The Hall–Kier alpha value is -1.88. The molecule has 0 aromatic heterocycles. The van der Waals surface area contributed by atoms with E-state index in [9.17, 15) is 9.59 Å². The van der Waals surface area contributed by atoms with Crippen LogP contribution in [0.2, 0.25) is 0 Å². The second kappa shape index (κ2) is 7.56. The van der Waals surface area contributed by atoms with Gasteiger partial charge in [-0.3, -0.25) is 9.59 Å². The number of hydrogen-bond acceptors (Lipinski definition) is 3. The zero-order valence-corrected chi connectivity index (χ0v) is 15.3. The standard InChI is InChI=1S/C20H29N3O2/c1-3-23(4-2)18(24)15-8-7-10-17(12-15)22-19(25)20-11-6-5-9-16(20)13-21-14-20/h7-8,10,12,16,21H,3-6,9,11,13-14H2,1-2H3,(H,22,25)/t16-,20+/m0/s1. The number of anilines is 1. The van der Waals surface area contributed by atoms with Gasteiger partial charge >= 0.3 is 0 Å². The van der Waals surface area contributed by atoms with Crippen LogP contribution >= 0.6 is 0 Å². The molecule has 1 aromatic rings. The van der Waals surface area contributed by atoms with Gasteiger partial charge in [0.2, 0.25) is 5.91 Å². The maximum Gasteiger partial charge on any atom is 0.253 e. The molecule has 1 saturated carbocycles. The molecule has 1 heterocycles. The number of amides is 2. The molecule has 0 spiro atoms. The van der Waals surface area contributed by atoms with Gasteiger partial charge in [-0.25, -0.2) is 0 Å². The third-order valence-electron chi connectivity index (χ3n) is 5.91. The van der Waals surface area contributed by atoms with Crippen molar-refractivity contribution in [1.29, 1.82) is 0 Å². The third kappa shape index (κ3) is 3.43. The fourth-order valence-electron chi connectivity index (χ4n) is 4.37. The number of carbonyl (C=O) groups excluding carboxylic acids is 2. The van der Waals surface area contributed by atoms with Gasteiger partial charge in [0.05, 0.1) is 5.41 Å². The molecule has 2 atom stereocenters. The lowest BCUT2D eigenvalue weighted by Crippen LogP contribution is -2.44. The Balaban J connectivity index is 1.76. The summed E-state index contributed by atoms with van der Waals surface area (Å²) in [6.45, 7) is 7.02. The minimum Gasteiger partial charge on any atom is -0.339 e. The van der Waals surface area contributed by atoms with Gasteiger partial charge in [0.25, 0.3) is 5.91 Å². The van der Waals surface area contributed by atoms with E-state index >= 15 is 0 Å². The summed E-state index contributed by atoms with van der Waals surface area (Å²) in [4.78, 5) is 27.4. The molecule has 136 valence electrons. The molecule has 5 heteroatoms. The van der Waals surface area contributed by atoms with Crippen LogP contribution in [0, 0.1) is 11.3 Å². The normalized spacial score (nSPS) is 25.3. The van der Waals surface area contributed by atoms with Crippen LogP contribution in [0.4, 0.5) is 5.69 Å². The van der Waals surface area contributed by atoms with E-state index in [1.54, 1.807) is 11.0 Å². The molecule has 2 aliphatic rings. The largest absolute Gasteiger partial charge is 0.339 e. The molecule has 1 aliphatic heterocycles. The molecule has 3 rings (SSSR count). The number of nitrogens with zero attached hydrogens (tertiary/aromatic N) is 1. The average molecular weight is 343 g/mol. The Bertz CT molecular complexity index is 642. The Kier molecular flexibility index (Phi) is 5.42. The van der Waals surface area contributed by atoms with Gasteiger partial charge in [-0.05, 0) is 57.4 Å². The van der Waals surface area contributed by atoms with E-state index in [-0.39, 0.29) is 17.2 Å². The van der Waals surface area contributed by atoms with Gasteiger partial charge in [0.1, 0.15) is 0 Å². The lowest BCUT2D eigenvalue weighted by Gasteiger charge is -2.37. The molecule has 2 fully saturated rings. The Morgan fingerprint density at radius 1 is 1.28 bits per heavy atom. The maximum absolute atomic E-state index is 13.1. The van der Waals surface area contributed by atoms with E-state index in [0.717, 1.165) is 32.4 Å². The van der Waals surface area contributed by atoms with Crippen molar-refractivity contribution in [3.63, 3.8) is 0 Å². The highest BCUT2D eigenvalue weighted by Gasteiger charge is 2.49. The van der Waals surface area contributed by atoms with Gasteiger partial charge in [-0.15, -0.1) is 0 Å². The van der Waals surface area contributed by atoms with E-state index in [1.165, 1.54) is 6.42 Å². The first-order chi connectivity index (χ1) is 12.1. The predicted octanol–water partition coefficient (Wildman–Crippen LogP) is 2.89. The number of nitrogens with one attached hydrogen (secondary N) is 2. The number of rotatable bonds is 5. The van der Waals surface area contributed by atoms with Crippen LogP contribution in [0.1, 0.15) is 49.9 Å². The molecule has 0 unspecified atom stereocenters. The minimum atomic E-state index is -0.281. The van der Waals surface area contributed by atoms with Crippen LogP contribution in [0.25, 0.3) is 0 Å². The summed E-state index contributed by atoms with van der Waals surface area (Å²) in [6, 6.07) is 7.33. The van der Waals surface area contributed by atoms with E-state index < -0.39 is 0 Å². The highest BCUT2D eigenvalue weighted by atomic mass is 16.2. The highest BCUT2D eigenvalue weighted by molar-refractivity contribution is 5.99. The SMILES string of the molecule is CCN(CC)C(=O)c1cccc(NC(=O)[C@@]23CCCC[C@H]2CNC3)c1. The molecular weight excluding hydrogens is 314 g/mol. The topological polar surface area (TPSA) is 61.4 Å². The summed E-state index contributed by atoms with van der Waals surface area (Å²) < 4.78 is 0. The molecule has 1 aliphatic carbocycles. The van der Waals surface area contributed by atoms with Crippen LogP contribution in [-0.4, -0.2) is 42.9 Å². The molecule has 1 aromatic carbocycles. The van der Waals surface area contributed by atoms with Gasteiger partial charge < -0.3 is 15.5 Å². The van der Waals surface area contributed by atoms with Crippen molar-refractivity contribution in [2.24, 2.45) is 11.3 Å². The van der Waals surface area contributed by atoms with Crippen molar-refractivity contribution in [3.8, 4) is 0 Å². The summed E-state index contributed by atoms with van der Waals surface area (Å²) in [6.07, 6.45) is 4.41. The van der Waals surface area contributed by atoms with E-state index in [4.69, 9.17) is 0 Å². The van der Waals surface area contributed by atoms with E-state index in [2.05, 4.69) is 10.6 Å². The Labute approximate surface area is 150 Å². The zero-order valence-electron chi connectivity index (χ0n) is 15.3. The van der Waals surface area contributed by atoms with Crippen molar-refractivity contribution in [2.45, 2.75) is 39.5 Å². The van der Waals surface area contributed by atoms with Gasteiger partial charge in [0, 0.05) is 30.9 Å². The lowest BCUT2D eigenvalue weighted by atomic mass is 9.67. The van der Waals surface area contributed by atoms with E-state index in [1.807, 2.05) is 32.0 Å². The van der Waals surface area contributed by atoms with Crippen LogP contribution in [-0.2, 0) is 4.79 Å². The first kappa shape index (κ1) is 17.9. The second-order valence-electron chi connectivity index (χ2n) is 7.24. The van der Waals surface area contributed by atoms with Gasteiger partial charge in [-0.1, -0.05) is 18.9 Å². The summed E-state index contributed by atoms with van der Waals surface area (Å²) >= 11 is 0. The summed E-state index contributed by atoms with van der Waals surface area (Å²) in [7, 11) is 0. The Morgan fingerprint density at radius 2 is 2.08 bits per heavy atom. The fraction of sp³-hybridized carbons (Fsp3) is 0.600. The third-order valence-corrected chi connectivity index (χ3v) is 5.91. The number of carbonyl (C=O) groups is 2. The van der Waals surface area contributed by atoms with Crippen LogP contribution in [0.3, 0.4) is 0 Å². The molecule has 0 bridgehead atoms. The highest BCUT2D eigenvalue weighted by Crippen LogP contribution is 2.44. The van der Waals surface area contributed by atoms with Crippen LogP contribution < -0.4 is 10.6 Å². The summed E-state index contributed by atoms with van der Waals surface area (Å²) in [5.74, 6) is 0.550. The minimum absolute atomic E-state index is 0.0114. The smallest absolute Gasteiger partial charge is 0.253 e. The molecule has 0 radical (unpaired) electrons. The van der Waals surface area contributed by atoms with Crippen LogP contribution in [0.15, 0.2) is 24.3 Å². The summed E-state index contributed by atoms with van der Waals surface area (Å²) in [5, 5.41) is 6.50. The van der Waals surface area contributed by atoms with Crippen molar-refractivity contribution >= 4 is 17.5 Å². The molecule has 2 N–H and O–H groups in total. The summed E-state index contributed by atoms with van der Waals surface area (Å²) in [5.41, 5.74) is 1.06. The van der Waals surface area contributed by atoms with E-state index in [0.29, 0.717) is 30.3 Å². The van der Waals surface area contributed by atoms with Crippen molar-refractivity contribution in [3.05, 3.63) is 29.8 Å². The molecular formula is C20H29N3O2. The average Bonchev–Trinajstić information content (AvgIpc) is 3.08. The number of hydrogen-bond donors (Lipinski definition) is 2. The van der Waals surface area contributed by atoms with Crippen molar-refractivity contribution in [1.82, 2.24) is 10.2 Å². The first-order valence-electron chi connectivity index (χ1n) is 9.52. The predicted molar refractivity (Wildman–Crippen MR) is 99.6 cm³/mol. The maximum atomic E-state index is 13.1. The second-order valence-corrected chi connectivity index (χ2v) is 7.24. The van der Waals surface area contributed by atoms with Crippen molar-refractivity contribution in [2.75, 3.05) is 31.5 Å². The molecule has 2 amide bonds. The Morgan fingerprint density at radius 3 is 2.84 bits per heavy atom. The number of fused-ring (bicyclic) bond motifs is 1. The van der Waals surface area contributed by atoms with Gasteiger partial charge in [-0.2, -0.15) is 0 Å². The zero-order chi connectivity index (χ0) is 17.9. The van der Waals surface area contributed by atoms with Crippen molar-refractivity contribution < 1.29 is 9.59 Å². The van der Waals surface area contributed by atoms with Crippen LogP contribution in [0.5, 0.6) is 0 Å². The monoisotopic (exact) mass is 343 g/mol. The lowest BCUT2D eigenvalue weighted by molar-refractivity contribution is -0.128. The quantitative estimate of drug-likeness (QED) is 0.864. The fourth-order valence-corrected chi connectivity index (χ4v) is 4.37. The number of benzene rings is 1. The molecule has 5 nitrogen and oxygen atoms in total. The molecule has 1 saturated heterocycles. The first-order valence-corrected chi connectivity index (χ1v) is 9.52.